The number of hydrogen-bond donors (Lipinski definition) is 2. The van der Waals surface area contributed by atoms with E-state index >= 15 is 0 Å². The van der Waals surface area contributed by atoms with Crippen LogP contribution < -0.4 is 15.4 Å². The molecule has 3 aromatic rings. The highest BCUT2D eigenvalue weighted by atomic mass is 79.9. The van der Waals surface area contributed by atoms with Gasteiger partial charge in [-0.2, -0.15) is 0 Å². The number of carbonyl (C=O) groups is 2. The van der Waals surface area contributed by atoms with E-state index in [2.05, 4.69) is 26.6 Å². The van der Waals surface area contributed by atoms with Crippen LogP contribution in [0.1, 0.15) is 16.7 Å². The van der Waals surface area contributed by atoms with E-state index in [-0.39, 0.29) is 18.2 Å². The van der Waals surface area contributed by atoms with Crippen molar-refractivity contribution in [1.29, 1.82) is 0 Å². The minimum Gasteiger partial charge on any atom is -0.497 e. The van der Waals surface area contributed by atoms with E-state index in [1.165, 1.54) is 0 Å². The maximum Gasteiger partial charge on any atom is 0.243 e. The van der Waals surface area contributed by atoms with Gasteiger partial charge in [0.2, 0.25) is 11.8 Å². The number of ether oxygens (including phenoxy) is 1. The third kappa shape index (κ3) is 7.26. The fourth-order valence-electron chi connectivity index (χ4n) is 3.15. The monoisotopic (exact) mass is 480 g/mol. The molecule has 0 saturated heterocycles. The Balaban J connectivity index is 1.66. The summed E-state index contributed by atoms with van der Waals surface area (Å²) in [6.45, 7) is 0.408. The summed E-state index contributed by atoms with van der Waals surface area (Å²) in [4.78, 5) is 25.6. The highest BCUT2D eigenvalue weighted by Gasteiger charge is 2.21. The van der Waals surface area contributed by atoms with Crippen LogP contribution in [0.25, 0.3) is 0 Å². The van der Waals surface area contributed by atoms with E-state index in [1.807, 2.05) is 78.9 Å². The van der Waals surface area contributed by atoms with Gasteiger partial charge in [0.25, 0.3) is 0 Å². The van der Waals surface area contributed by atoms with Crippen LogP contribution in [0.2, 0.25) is 0 Å². The molecule has 3 rings (SSSR count). The molecule has 0 spiro atoms. The molecule has 0 aliphatic rings. The number of amides is 2. The number of carbonyl (C=O) groups excluding carboxylic acids is 2. The summed E-state index contributed by atoms with van der Waals surface area (Å²) < 4.78 is 6.11. The molecule has 0 heterocycles. The minimum atomic E-state index is -0.671. The van der Waals surface area contributed by atoms with Crippen LogP contribution in [0.5, 0.6) is 5.75 Å². The maximum atomic E-state index is 12.9. The summed E-state index contributed by atoms with van der Waals surface area (Å²) >= 11 is 3.42. The third-order valence-corrected chi connectivity index (χ3v) is 5.37. The molecule has 160 valence electrons. The van der Waals surface area contributed by atoms with Gasteiger partial charge in [0.1, 0.15) is 11.8 Å². The van der Waals surface area contributed by atoms with E-state index in [0.717, 1.165) is 26.9 Å². The average Bonchev–Trinajstić information content (AvgIpc) is 2.79. The molecule has 0 bridgehead atoms. The normalized spacial score (nSPS) is 11.4. The van der Waals surface area contributed by atoms with Gasteiger partial charge in [-0.05, 0) is 41.0 Å². The molecule has 2 N–H and O–H groups in total. The van der Waals surface area contributed by atoms with Crippen LogP contribution in [-0.4, -0.2) is 25.0 Å². The van der Waals surface area contributed by atoms with Crippen LogP contribution in [-0.2, 0) is 29.0 Å². The van der Waals surface area contributed by atoms with Gasteiger partial charge in [-0.1, -0.05) is 70.5 Å². The van der Waals surface area contributed by atoms with E-state index in [1.54, 1.807) is 7.11 Å². The van der Waals surface area contributed by atoms with Crippen molar-refractivity contribution in [3.63, 3.8) is 0 Å². The molecule has 0 saturated carbocycles. The molecular weight excluding hydrogens is 456 g/mol. The lowest BCUT2D eigenvalue weighted by Crippen LogP contribution is -2.48. The maximum absolute atomic E-state index is 12.9. The van der Waals surface area contributed by atoms with Crippen molar-refractivity contribution in [2.24, 2.45) is 0 Å². The number of benzene rings is 3. The minimum absolute atomic E-state index is 0.187. The fourth-order valence-corrected chi connectivity index (χ4v) is 3.41. The van der Waals surface area contributed by atoms with Gasteiger partial charge in [0, 0.05) is 17.4 Å². The summed E-state index contributed by atoms with van der Waals surface area (Å²) in [6.07, 6.45) is 0.592. The van der Waals surface area contributed by atoms with Crippen molar-refractivity contribution >= 4 is 27.7 Å². The number of nitrogens with one attached hydrogen (secondary N) is 2. The summed E-state index contributed by atoms with van der Waals surface area (Å²) in [7, 11) is 1.60. The molecule has 0 aliphatic heterocycles. The van der Waals surface area contributed by atoms with Crippen LogP contribution in [0.15, 0.2) is 83.3 Å². The Labute approximate surface area is 191 Å². The molecule has 5 nitrogen and oxygen atoms in total. The number of hydrogen-bond acceptors (Lipinski definition) is 3. The standard InChI is InChI=1S/C25H25BrN2O3/c1-31-22-13-9-19(10-14-22)16-24(29)28-23(15-18-7-11-21(26)12-8-18)25(30)27-17-20-5-3-2-4-6-20/h2-14,23H,15-17H2,1H3,(H,27,30)(H,28,29)/t23-/m1/s1. The largest absolute Gasteiger partial charge is 0.497 e. The first-order valence-corrected chi connectivity index (χ1v) is 10.8. The quantitative estimate of drug-likeness (QED) is 0.485. The third-order valence-electron chi connectivity index (χ3n) is 4.84. The number of halogens is 1. The van der Waals surface area contributed by atoms with Gasteiger partial charge < -0.3 is 15.4 Å². The smallest absolute Gasteiger partial charge is 0.243 e. The van der Waals surface area contributed by atoms with Gasteiger partial charge in [0.05, 0.1) is 13.5 Å². The molecule has 2 amide bonds. The second-order valence-corrected chi connectivity index (χ2v) is 8.09. The molecule has 0 fully saturated rings. The van der Waals surface area contributed by atoms with Crippen molar-refractivity contribution in [1.82, 2.24) is 10.6 Å². The molecule has 3 aromatic carbocycles. The Morgan fingerprint density at radius 1 is 0.871 bits per heavy atom. The Bertz CT molecular complexity index is 990. The Morgan fingerprint density at radius 2 is 1.52 bits per heavy atom. The first-order valence-electron chi connectivity index (χ1n) is 10.0. The predicted octanol–water partition coefficient (Wildman–Crippen LogP) is 4.04. The SMILES string of the molecule is COc1ccc(CC(=O)N[C@H](Cc2ccc(Br)cc2)C(=O)NCc2ccccc2)cc1. The second-order valence-electron chi connectivity index (χ2n) is 7.18. The van der Waals surface area contributed by atoms with Crippen molar-refractivity contribution in [2.75, 3.05) is 7.11 Å². The fraction of sp³-hybridized carbons (Fsp3) is 0.200. The number of rotatable bonds is 9. The first-order chi connectivity index (χ1) is 15.0. The van der Waals surface area contributed by atoms with Gasteiger partial charge in [-0.15, -0.1) is 0 Å². The van der Waals surface area contributed by atoms with Gasteiger partial charge >= 0.3 is 0 Å². The zero-order valence-electron chi connectivity index (χ0n) is 17.3. The second kappa shape index (κ2) is 11.3. The highest BCUT2D eigenvalue weighted by Crippen LogP contribution is 2.14. The molecule has 6 heteroatoms. The van der Waals surface area contributed by atoms with Crippen molar-refractivity contribution in [3.05, 3.63) is 100 Å². The van der Waals surface area contributed by atoms with E-state index in [0.29, 0.717) is 13.0 Å². The van der Waals surface area contributed by atoms with Crippen LogP contribution >= 0.6 is 15.9 Å². The van der Waals surface area contributed by atoms with Gasteiger partial charge in [-0.25, -0.2) is 0 Å². The topological polar surface area (TPSA) is 67.4 Å². The lowest BCUT2D eigenvalue weighted by molar-refractivity contribution is -0.128. The van der Waals surface area contributed by atoms with E-state index < -0.39 is 6.04 Å². The van der Waals surface area contributed by atoms with Crippen LogP contribution in [0, 0.1) is 0 Å². The zero-order chi connectivity index (χ0) is 22.1. The van der Waals surface area contributed by atoms with Crippen LogP contribution in [0.3, 0.4) is 0 Å². The molecule has 1 atom stereocenters. The predicted molar refractivity (Wildman–Crippen MR) is 125 cm³/mol. The van der Waals surface area contributed by atoms with E-state index in [9.17, 15) is 9.59 Å². The summed E-state index contributed by atoms with van der Waals surface area (Å²) in [5, 5.41) is 5.83. The average molecular weight is 481 g/mol. The van der Waals surface area contributed by atoms with Gasteiger partial charge in [-0.3, -0.25) is 9.59 Å². The summed E-state index contributed by atoms with van der Waals surface area (Å²) in [6, 6.07) is 24.1. The Hall–Kier alpha value is -3.12. The van der Waals surface area contributed by atoms with E-state index in [4.69, 9.17) is 4.74 Å². The lowest BCUT2D eigenvalue weighted by atomic mass is 10.0. The molecule has 0 unspecified atom stereocenters. The first kappa shape index (κ1) is 22.6. The van der Waals surface area contributed by atoms with Crippen molar-refractivity contribution in [2.45, 2.75) is 25.4 Å². The lowest BCUT2D eigenvalue weighted by Gasteiger charge is -2.19. The molecule has 31 heavy (non-hydrogen) atoms. The van der Waals surface area contributed by atoms with Crippen LogP contribution in [0.4, 0.5) is 0 Å². The number of methoxy groups -OCH3 is 1. The summed E-state index contributed by atoms with van der Waals surface area (Å²) in [5.41, 5.74) is 2.82. The zero-order valence-corrected chi connectivity index (χ0v) is 18.9. The molecule has 0 aromatic heterocycles. The Morgan fingerprint density at radius 3 is 2.16 bits per heavy atom. The van der Waals surface area contributed by atoms with Gasteiger partial charge in [0.15, 0.2) is 0 Å². The van der Waals surface area contributed by atoms with Crippen molar-refractivity contribution < 1.29 is 14.3 Å². The Kier molecular flexibility index (Phi) is 8.24. The highest BCUT2D eigenvalue weighted by molar-refractivity contribution is 9.10. The summed E-state index contributed by atoms with van der Waals surface area (Å²) in [5.74, 6) is 0.314. The van der Waals surface area contributed by atoms with Crippen molar-refractivity contribution in [3.8, 4) is 5.75 Å². The molecule has 0 aliphatic carbocycles. The molecular formula is C25H25BrN2O3. The molecule has 0 radical (unpaired) electrons.